The number of carbonyl (C=O) groups excluding carboxylic acids is 1. The Morgan fingerprint density at radius 1 is 1.37 bits per heavy atom. The summed E-state index contributed by atoms with van der Waals surface area (Å²) in [6.07, 6.45) is 0.924. The van der Waals surface area contributed by atoms with Crippen LogP contribution in [0.4, 0.5) is 4.79 Å². The van der Waals surface area contributed by atoms with Crippen molar-refractivity contribution >= 4 is 15.9 Å². The summed E-state index contributed by atoms with van der Waals surface area (Å²) < 4.78 is 23.3. The van der Waals surface area contributed by atoms with Gasteiger partial charge in [0.25, 0.3) is 0 Å². The molecule has 0 aromatic heterocycles. The van der Waals surface area contributed by atoms with Crippen LogP contribution in [0.1, 0.15) is 34.1 Å². The van der Waals surface area contributed by atoms with Gasteiger partial charge in [-0.05, 0) is 25.2 Å². The highest BCUT2D eigenvalue weighted by atomic mass is 32.2. The van der Waals surface area contributed by atoms with Gasteiger partial charge >= 0.3 is 6.03 Å². The first-order valence-corrected chi connectivity index (χ1v) is 8.77. The van der Waals surface area contributed by atoms with Crippen molar-refractivity contribution in [2.75, 3.05) is 24.6 Å². The number of urea groups is 1. The Morgan fingerprint density at radius 2 is 2.00 bits per heavy atom. The van der Waals surface area contributed by atoms with E-state index in [2.05, 4.69) is 19.2 Å². The van der Waals surface area contributed by atoms with E-state index < -0.39 is 9.84 Å². The lowest BCUT2D eigenvalue weighted by Gasteiger charge is -2.25. The summed E-state index contributed by atoms with van der Waals surface area (Å²) in [5.74, 6) is 0.777. The van der Waals surface area contributed by atoms with Crippen molar-refractivity contribution in [3.63, 3.8) is 0 Å². The van der Waals surface area contributed by atoms with E-state index >= 15 is 0 Å². The SMILES string of the molecule is CC(C)CC(C)NC(=O)N1CCS(=O)(=O)CC(C)C1. The Kier molecular flexibility index (Phi) is 5.64. The Bertz CT molecular complexity index is 406. The summed E-state index contributed by atoms with van der Waals surface area (Å²) in [5.41, 5.74) is 0. The number of nitrogens with zero attached hydrogens (tertiary/aromatic N) is 1. The van der Waals surface area contributed by atoms with Crippen LogP contribution >= 0.6 is 0 Å². The van der Waals surface area contributed by atoms with E-state index in [-0.39, 0.29) is 29.5 Å². The molecule has 0 saturated carbocycles. The summed E-state index contributed by atoms with van der Waals surface area (Å²) in [7, 11) is -3.00. The molecule has 1 aliphatic rings. The van der Waals surface area contributed by atoms with E-state index in [1.54, 1.807) is 4.90 Å². The Hall–Kier alpha value is -0.780. The summed E-state index contributed by atoms with van der Waals surface area (Å²) in [6, 6.07) is -0.0280. The Labute approximate surface area is 116 Å². The highest BCUT2D eigenvalue weighted by molar-refractivity contribution is 7.91. The molecule has 1 fully saturated rings. The number of carbonyl (C=O) groups is 1. The van der Waals surface area contributed by atoms with Gasteiger partial charge in [-0.25, -0.2) is 13.2 Å². The molecule has 1 rings (SSSR count). The molecule has 5 nitrogen and oxygen atoms in total. The lowest BCUT2D eigenvalue weighted by atomic mass is 10.1. The maximum absolute atomic E-state index is 12.1. The van der Waals surface area contributed by atoms with Gasteiger partial charge in [0.2, 0.25) is 0 Å². The van der Waals surface area contributed by atoms with Crippen LogP contribution in [0.3, 0.4) is 0 Å². The second-order valence-electron chi connectivity index (χ2n) is 6.15. The number of amides is 2. The zero-order valence-electron chi connectivity index (χ0n) is 12.3. The average molecular weight is 290 g/mol. The molecule has 0 radical (unpaired) electrons. The zero-order chi connectivity index (χ0) is 14.6. The molecule has 6 heteroatoms. The summed E-state index contributed by atoms with van der Waals surface area (Å²) >= 11 is 0. The first-order chi connectivity index (χ1) is 8.69. The number of rotatable bonds is 3. The third-order valence-corrected chi connectivity index (χ3v) is 5.11. The topological polar surface area (TPSA) is 66.5 Å². The number of sulfone groups is 1. The van der Waals surface area contributed by atoms with Crippen molar-refractivity contribution in [3.05, 3.63) is 0 Å². The molecule has 0 aliphatic carbocycles. The quantitative estimate of drug-likeness (QED) is 0.856. The normalized spacial score (nSPS) is 24.9. The van der Waals surface area contributed by atoms with Gasteiger partial charge in [-0.2, -0.15) is 0 Å². The van der Waals surface area contributed by atoms with Crippen LogP contribution in [0, 0.1) is 11.8 Å². The second-order valence-corrected chi connectivity index (χ2v) is 8.37. The standard InChI is InChI=1S/C13H26N2O3S/c1-10(2)7-12(4)14-13(16)15-5-6-19(17,18)9-11(3)8-15/h10-12H,5-9H2,1-4H3,(H,14,16). The minimum absolute atomic E-state index is 0.00125. The summed E-state index contributed by atoms with van der Waals surface area (Å²) in [5, 5.41) is 2.95. The Balaban J connectivity index is 2.57. The highest BCUT2D eigenvalue weighted by Crippen LogP contribution is 2.12. The second kappa shape index (κ2) is 6.59. The largest absolute Gasteiger partial charge is 0.336 e. The molecular formula is C13H26N2O3S. The van der Waals surface area contributed by atoms with E-state index in [0.29, 0.717) is 19.0 Å². The first-order valence-electron chi connectivity index (χ1n) is 6.95. The van der Waals surface area contributed by atoms with Crippen LogP contribution in [-0.2, 0) is 9.84 Å². The first kappa shape index (κ1) is 16.3. The maximum atomic E-state index is 12.1. The fourth-order valence-electron chi connectivity index (χ4n) is 2.54. The van der Waals surface area contributed by atoms with Gasteiger partial charge in [0.15, 0.2) is 9.84 Å². The molecule has 1 aliphatic heterocycles. The molecule has 1 heterocycles. The highest BCUT2D eigenvalue weighted by Gasteiger charge is 2.27. The van der Waals surface area contributed by atoms with Crippen LogP contribution in [0.2, 0.25) is 0 Å². The summed E-state index contributed by atoms with van der Waals surface area (Å²) in [4.78, 5) is 13.8. The van der Waals surface area contributed by atoms with Crippen molar-refractivity contribution in [1.29, 1.82) is 0 Å². The Morgan fingerprint density at radius 3 is 2.58 bits per heavy atom. The van der Waals surface area contributed by atoms with Crippen LogP contribution in [0.25, 0.3) is 0 Å². The van der Waals surface area contributed by atoms with Gasteiger partial charge in [0.05, 0.1) is 11.5 Å². The van der Waals surface area contributed by atoms with Crippen LogP contribution < -0.4 is 5.32 Å². The van der Waals surface area contributed by atoms with Gasteiger partial charge in [0, 0.05) is 19.1 Å². The molecule has 0 spiro atoms. The molecule has 1 saturated heterocycles. The monoisotopic (exact) mass is 290 g/mol. The van der Waals surface area contributed by atoms with E-state index in [1.165, 1.54) is 0 Å². The third kappa shape index (κ3) is 5.80. The minimum atomic E-state index is -3.00. The molecule has 0 aromatic carbocycles. The smallest absolute Gasteiger partial charge is 0.317 e. The van der Waals surface area contributed by atoms with E-state index in [9.17, 15) is 13.2 Å². The van der Waals surface area contributed by atoms with E-state index in [0.717, 1.165) is 6.42 Å². The predicted octanol–water partition coefficient (Wildman–Crippen LogP) is 1.50. The molecule has 112 valence electrons. The lowest BCUT2D eigenvalue weighted by molar-refractivity contribution is 0.191. The maximum Gasteiger partial charge on any atom is 0.317 e. The van der Waals surface area contributed by atoms with Crippen LogP contribution in [-0.4, -0.2) is 50.0 Å². The zero-order valence-corrected chi connectivity index (χ0v) is 13.2. The molecular weight excluding hydrogens is 264 g/mol. The van der Waals surface area contributed by atoms with Gasteiger partial charge < -0.3 is 10.2 Å². The fourth-order valence-corrected chi connectivity index (χ4v) is 4.18. The van der Waals surface area contributed by atoms with Gasteiger partial charge in [-0.15, -0.1) is 0 Å². The molecule has 2 atom stereocenters. The molecule has 0 aromatic rings. The van der Waals surface area contributed by atoms with Crippen molar-refractivity contribution in [1.82, 2.24) is 10.2 Å². The van der Waals surface area contributed by atoms with E-state index in [1.807, 2.05) is 13.8 Å². The molecule has 1 N–H and O–H groups in total. The van der Waals surface area contributed by atoms with E-state index in [4.69, 9.17) is 0 Å². The van der Waals surface area contributed by atoms with Crippen molar-refractivity contribution in [2.45, 2.75) is 40.2 Å². The fraction of sp³-hybridized carbons (Fsp3) is 0.923. The average Bonchev–Trinajstić information content (AvgIpc) is 2.34. The van der Waals surface area contributed by atoms with Crippen molar-refractivity contribution < 1.29 is 13.2 Å². The van der Waals surface area contributed by atoms with Crippen LogP contribution in [0.5, 0.6) is 0 Å². The minimum Gasteiger partial charge on any atom is -0.336 e. The summed E-state index contributed by atoms with van der Waals surface area (Å²) in [6.45, 7) is 8.90. The molecule has 2 unspecified atom stereocenters. The van der Waals surface area contributed by atoms with Crippen LogP contribution in [0.15, 0.2) is 0 Å². The molecule has 2 amide bonds. The third-order valence-electron chi connectivity index (χ3n) is 3.22. The van der Waals surface area contributed by atoms with Crippen molar-refractivity contribution in [2.24, 2.45) is 11.8 Å². The van der Waals surface area contributed by atoms with Gasteiger partial charge in [-0.3, -0.25) is 0 Å². The predicted molar refractivity (Wildman–Crippen MR) is 76.8 cm³/mol. The number of hydrogen-bond donors (Lipinski definition) is 1. The lowest BCUT2D eigenvalue weighted by Crippen LogP contribution is -2.46. The van der Waals surface area contributed by atoms with Gasteiger partial charge in [0.1, 0.15) is 0 Å². The van der Waals surface area contributed by atoms with Gasteiger partial charge in [-0.1, -0.05) is 20.8 Å². The number of nitrogens with one attached hydrogen (secondary N) is 1. The molecule has 19 heavy (non-hydrogen) atoms. The van der Waals surface area contributed by atoms with Crippen molar-refractivity contribution in [3.8, 4) is 0 Å². The molecule has 0 bridgehead atoms. The number of hydrogen-bond acceptors (Lipinski definition) is 3.